The Morgan fingerprint density at radius 2 is 2.12 bits per heavy atom. The van der Waals surface area contributed by atoms with Crippen molar-refractivity contribution in [1.29, 1.82) is 0 Å². The molecule has 2 heterocycles. The first-order chi connectivity index (χ1) is 12.1. The molecule has 0 saturated carbocycles. The van der Waals surface area contributed by atoms with Crippen LogP contribution in [0.1, 0.15) is 27.3 Å². The van der Waals surface area contributed by atoms with E-state index in [9.17, 15) is 4.79 Å². The van der Waals surface area contributed by atoms with Gasteiger partial charge < -0.3 is 5.32 Å². The monoisotopic (exact) mass is 353 g/mol. The van der Waals surface area contributed by atoms with Crippen LogP contribution in [0, 0.1) is 13.8 Å². The molecule has 6 nitrogen and oxygen atoms in total. The average Bonchev–Trinajstić information content (AvgIpc) is 3.01. The average molecular weight is 353 g/mol. The standard InChI is InChI=1S/C18H19N5OS/c1-4-9-19-16(24)15-8-6-5-7-14(15)11-25-18-21-17-20-12(2)10-13(3)23(17)22-18/h4-8,10H,1,9,11H2,2-3H3,(H,19,24). The number of aromatic nitrogens is 4. The summed E-state index contributed by atoms with van der Waals surface area (Å²) in [6, 6.07) is 9.51. The molecule has 1 amide bonds. The van der Waals surface area contributed by atoms with Gasteiger partial charge in [0.25, 0.3) is 11.7 Å². The van der Waals surface area contributed by atoms with Gasteiger partial charge in [0.15, 0.2) is 0 Å². The van der Waals surface area contributed by atoms with E-state index in [-0.39, 0.29) is 5.91 Å². The summed E-state index contributed by atoms with van der Waals surface area (Å²) in [4.78, 5) is 21.1. The fourth-order valence-electron chi connectivity index (χ4n) is 2.48. The number of hydrogen-bond acceptors (Lipinski definition) is 5. The van der Waals surface area contributed by atoms with Gasteiger partial charge in [-0.1, -0.05) is 36.0 Å². The zero-order valence-electron chi connectivity index (χ0n) is 14.2. The summed E-state index contributed by atoms with van der Waals surface area (Å²) >= 11 is 1.49. The van der Waals surface area contributed by atoms with Crippen LogP contribution in [-0.2, 0) is 5.75 Å². The van der Waals surface area contributed by atoms with Crippen LogP contribution < -0.4 is 5.32 Å². The van der Waals surface area contributed by atoms with Crippen molar-refractivity contribution in [3.8, 4) is 0 Å². The van der Waals surface area contributed by atoms with Crippen LogP contribution in [0.2, 0.25) is 0 Å². The minimum atomic E-state index is -0.104. The highest BCUT2D eigenvalue weighted by molar-refractivity contribution is 7.98. The molecule has 0 aliphatic heterocycles. The number of carbonyl (C=O) groups excluding carboxylic acids is 1. The molecule has 7 heteroatoms. The molecule has 0 spiro atoms. The molecule has 0 unspecified atom stereocenters. The molecule has 3 aromatic rings. The van der Waals surface area contributed by atoms with E-state index in [4.69, 9.17) is 0 Å². The molecular formula is C18H19N5OS. The Labute approximate surface area is 150 Å². The first-order valence-electron chi connectivity index (χ1n) is 7.89. The van der Waals surface area contributed by atoms with Crippen LogP contribution in [0.25, 0.3) is 5.78 Å². The van der Waals surface area contributed by atoms with Gasteiger partial charge in [0, 0.05) is 29.2 Å². The van der Waals surface area contributed by atoms with Crippen LogP contribution in [0.15, 0.2) is 48.1 Å². The molecule has 0 aliphatic rings. The molecule has 0 atom stereocenters. The van der Waals surface area contributed by atoms with Crippen molar-refractivity contribution in [2.24, 2.45) is 0 Å². The molecular weight excluding hydrogens is 334 g/mol. The zero-order chi connectivity index (χ0) is 17.8. The summed E-state index contributed by atoms with van der Waals surface area (Å²) in [6.07, 6.45) is 1.66. The van der Waals surface area contributed by atoms with E-state index >= 15 is 0 Å². The van der Waals surface area contributed by atoms with Crippen molar-refractivity contribution in [1.82, 2.24) is 24.9 Å². The number of amides is 1. The molecule has 2 aromatic heterocycles. The molecule has 128 valence electrons. The van der Waals surface area contributed by atoms with Crippen LogP contribution >= 0.6 is 11.8 Å². The Kier molecular flexibility index (Phi) is 5.14. The summed E-state index contributed by atoms with van der Waals surface area (Å²) in [5.41, 5.74) is 3.50. The Balaban J connectivity index is 1.79. The number of carbonyl (C=O) groups is 1. The van der Waals surface area contributed by atoms with E-state index in [1.807, 2.05) is 44.2 Å². The summed E-state index contributed by atoms with van der Waals surface area (Å²) in [5.74, 6) is 1.09. The lowest BCUT2D eigenvalue weighted by molar-refractivity contribution is 0.0957. The fourth-order valence-corrected chi connectivity index (χ4v) is 3.30. The number of nitrogens with one attached hydrogen (secondary N) is 1. The van der Waals surface area contributed by atoms with Gasteiger partial charge in [0.1, 0.15) is 0 Å². The Morgan fingerprint density at radius 3 is 2.92 bits per heavy atom. The Morgan fingerprint density at radius 1 is 1.32 bits per heavy atom. The normalized spacial score (nSPS) is 10.8. The van der Waals surface area contributed by atoms with Crippen LogP contribution in [-0.4, -0.2) is 32.0 Å². The number of fused-ring (bicyclic) bond motifs is 1. The van der Waals surface area contributed by atoms with Gasteiger partial charge >= 0.3 is 0 Å². The molecule has 1 aromatic carbocycles. The molecule has 25 heavy (non-hydrogen) atoms. The first-order valence-corrected chi connectivity index (χ1v) is 8.88. The van der Waals surface area contributed by atoms with Crippen LogP contribution in [0.3, 0.4) is 0 Å². The number of rotatable bonds is 6. The maximum Gasteiger partial charge on any atom is 0.253 e. The Bertz CT molecular complexity index is 934. The summed E-state index contributed by atoms with van der Waals surface area (Å²) in [5, 5.41) is 7.94. The van der Waals surface area contributed by atoms with E-state index < -0.39 is 0 Å². The number of hydrogen-bond donors (Lipinski definition) is 1. The highest BCUT2D eigenvalue weighted by atomic mass is 32.2. The topological polar surface area (TPSA) is 72.2 Å². The number of aryl methyl sites for hydroxylation is 2. The lowest BCUT2D eigenvalue weighted by atomic mass is 10.1. The largest absolute Gasteiger partial charge is 0.349 e. The quantitative estimate of drug-likeness (QED) is 0.545. The molecule has 0 fully saturated rings. The van der Waals surface area contributed by atoms with Crippen molar-refractivity contribution in [2.45, 2.75) is 24.8 Å². The number of thioether (sulfide) groups is 1. The van der Waals surface area contributed by atoms with Crippen molar-refractivity contribution < 1.29 is 4.79 Å². The summed E-state index contributed by atoms with van der Waals surface area (Å²) in [7, 11) is 0. The number of benzene rings is 1. The van der Waals surface area contributed by atoms with Crippen molar-refractivity contribution in [2.75, 3.05) is 6.54 Å². The smallest absolute Gasteiger partial charge is 0.253 e. The predicted molar refractivity (Wildman–Crippen MR) is 98.8 cm³/mol. The molecule has 0 aliphatic carbocycles. The highest BCUT2D eigenvalue weighted by Crippen LogP contribution is 2.22. The first kappa shape index (κ1) is 17.2. The predicted octanol–water partition coefficient (Wildman–Crippen LogP) is 2.95. The minimum Gasteiger partial charge on any atom is -0.349 e. The lowest BCUT2D eigenvalue weighted by Gasteiger charge is -2.08. The second-order valence-corrected chi connectivity index (χ2v) is 6.53. The summed E-state index contributed by atoms with van der Waals surface area (Å²) in [6.45, 7) is 7.97. The van der Waals surface area contributed by atoms with Gasteiger partial charge in [-0.2, -0.15) is 4.98 Å². The van der Waals surface area contributed by atoms with Gasteiger partial charge in [0.05, 0.1) is 0 Å². The second-order valence-electron chi connectivity index (χ2n) is 5.59. The lowest BCUT2D eigenvalue weighted by Crippen LogP contribution is -2.24. The molecule has 0 saturated heterocycles. The maximum absolute atomic E-state index is 12.2. The van der Waals surface area contributed by atoms with E-state index in [0.717, 1.165) is 17.0 Å². The van der Waals surface area contributed by atoms with E-state index in [2.05, 4.69) is 27.0 Å². The van der Waals surface area contributed by atoms with Gasteiger partial charge in [-0.25, -0.2) is 9.50 Å². The maximum atomic E-state index is 12.2. The molecule has 3 rings (SSSR count). The Hall–Kier alpha value is -2.67. The molecule has 0 bridgehead atoms. The summed E-state index contributed by atoms with van der Waals surface area (Å²) < 4.78 is 1.73. The second kappa shape index (κ2) is 7.48. The van der Waals surface area contributed by atoms with Gasteiger partial charge in [-0.15, -0.1) is 11.7 Å². The fraction of sp³-hybridized carbons (Fsp3) is 0.222. The van der Waals surface area contributed by atoms with E-state index in [1.165, 1.54) is 11.8 Å². The van der Waals surface area contributed by atoms with Crippen molar-refractivity contribution in [3.63, 3.8) is 0 Å². The molecule has 0 radical (unpaired) electrons. The van der Waals surface area contributed by atoms with Crippen molar-refractivity contribution >= 4 is 23.4 Å². The van der Waals surface area contributed by atoms with Gasteiger partial charge in [-0.05, 0) is 31.5 Å². The van der Waals surface area contributed by atoms with Crippen LogP contribution in [0.4, 0.5) is 0 Å². The zero-order valence-corrected chi connectivity index (χ0v) is 15.0. The third-order valence-electron chi connectivity index (χ3n) is 3.62. The SMILES string of the molecule is C=CCNC(=O)c1ccccc1CSc1nc2nc(C)cc(C)n2n1. The van der Waals surface area contributed by atoms with E-state index in [0.29, 0.717) is 28.8 Å². The van der Waals surface area contributed by atoms with Gasteiger partial charge in [-0.3, -0.25) is 4.79 Å². The number of nitrogens with zero attached hydrogens (tertiary/aromatic N) is 4. The third-order valence-corrected chi connectivity index (χ3v) is 4.51. The third kappa shape index (κ3) is 3.88. The van der Waals surface area contributed by atoms with Gasteiger partial charge in [0.2, 0.25) is 5.16 Å². The van der Waals surface area contributed by atoms with Crippen LogP contribution in [0.5, 0.6) is 0 Å². The minimum absolute atomic E-state index is 0.104. The molecule has 1 N–H and O–H groups in total. The van der Waals surface area contributed by atoms with Crippen molar-refractivity contribution in [3.05, 3.63) is 65.5 Å². The van der Waals surface area contributed by atoms with E-state index in [1.54, 1.807) is 10.6 Å². The highest BCUT2D eigenvalue weighted by Gasteiger charge is 2.13.